The van der Waals surface area contributed by atoms with E-state index in [4.69, 9.17) is 9.47 Å². The van der Waals surface area contributed by atoms with Gasteiger partial charge in [-0.05, 0) is 24.6 Å². The molecule has 0 saturated heterocycles. The second-order valence-corrected chi connectivity index (χ2v) is 5.73. The number of aromatic amines is 1. The fourth-order valence-corrected chi connectivity index (χ4v) is 2.82. The largest absolute Gasteiger partial charge is 0.482 e. The number of carbonyl (C=O) groups excluding carboxylic acids is 2. The van der Waals surface area contributed by atoms with Gasteiger partial charge in [-0.25, -0.2) is 4.79 Å². The Hall–Kier alpha value is -3.09. The summed E-state index contributed by atoms with van der Waals surface area (Å²) in [6.45, 7) is 1.50. The monoisotopic (exact) mass is 343 g/mol. The van der Waals surface area contributed by atoms with Gasteiger partial charge in [-0.15, -0.1) is 0 Å². The van der Waals surface area contributed by atoms with Crippen molar-refractivity contribution in [1.82, 2.24) is 4.98 Å². The molecule has 2 heterocycles. The van der Waals surface area contributed by atoms with Crippen LogP contribution in [0.3, 0.4) is 0 Å². The third-order valence-electron chi connectivity index (χ3n) is 3.96. The fraction of sp³-hybridized carbons (Fsp3) is 0.278. The van der Waals surface area contributed by atoms with E-state index < -0.39 is 17.9 Å². The highest BCUT2D eigenvalue weighted by atomic mass is 16.6. The van der Waals surface area contributed by atoms with Gasteiger partial charge < -0.3 is 19.2 Å². The molecule has 0 bridgehead atoms. The van der Waals surface area contributed by atoms with E-state index in [1.54, 1.807) is 37.3 Å². The highest BCUT2D eigenvalue weighted by Gasteiger charge is 2.31. The molecule has 1 aliphatic heterocycles. The van der Waals surface area contributed by atoms with E-state index in [1.165, 1.54) is 7.11 Å². The molecule has 25 heavy (non-hydrogen) atoms. The van der Waals surface area contributed by atoms with Crippen LogP contribution in [0.4, 0.5) is 0 Å². The highest BCUT2D eigenvalue weighted by molar-refractivity contribution is 5.77. The van der Waals surface area contributed by atoms with Gasteiger partial charge in [0.1, 0.15) is 11.5 Å². The molecular formula is C18H17NO6. The third kappa shape index (κ3) is 3.55. The number of benzene rings is 1. The molecule has 1 aliphatic rings. The number of esters is 2. The fourth-order valence-electron chi connectivity index (χ4n) is 2.82. The summed E-state index contributed by atoms with van der Waals surface area (Å²) in [5.74, 6) is -0.607. The van der Waals surface area contributed by atoms with Crippen LogP contribution in [0.1, 0.15) is 29.2 Å². The van der Waals surface area contributed by atoms with E-state index in [9.17, 15) is 14.4 Å². The summed E-state index contributed by atoms with van der Waals surface area (Å²) in [6.07, 6.45) is 0.0552. The minimum atomic E-state index is -0.496. The van der Waals surface area contributed by atoms with E-state index in [1.807, 2.05) is 0 Å². The second-order valence-electron chi connectivity index (χ2n) is 5.73. The number of hydrogen-bond donors (Lipinski definition) is 1. The first-order valence-corrected chi connectivity index (χ1v) is 7.72. The zero-order valence-electron chi connectivity index (χ0n) is 13.8. The minimum Gasteiger partial charge on any atom is -0.482 e. The summed E-state index contributed by atoms with van der Waals surface area (Å²) < 4.78 is 15.1. The number of carbonyl (C=O) groups is 2. The van der Waals surface area contributed by atoms with Crippen molar-refractivity contribution in [3.05, 3.63) is 57.5 Å². The summed E-state index contributed by atoms with van der Waals surface area (Å²) in [5.41, 5.74) is 1.48. The van der Waals surface area contributed by atoms with Crippen LogP contribution >= 0.6 is 0 Å². The van der Waals surface area contributed by atoms with E-state index in [0.29, 0.717) is 17.0 Å². The molecule has 1 atom stereocenters. The summed E-state index contributed by atoms with van der Waals surface area (Å²) in [6, 6.07) is 8.57. The Morgan fingerprint density at radius 3 is 2.88 bits per heavy atom. The molecule has 0 unspecified atom stereocenters. The van der Waals surface area contributed by atoms with Crippen molar-refractivity contribution in [1.29, 1.82) is 0 Å². The normalized spacial score (nSPS) is 15.9. The lowest BCUT2D eigenvalue weighted by Gasteiger charge is -2.24. The van der Waals surface area contributed by atoms with Crippen molar-refractivity contribution < 1.29 is 23.8 Å². The number of rotatable bonds is 4. The number of pyridine rings is 1. The summed E-state index contributed by atoms with van der Waals surface area (Å²) in [5, 5.41) is 0. The average molecular weight is 343 g/mol. The molecule has 1 aromatic heterocycles. The highest BCUT2D eigenvalue weighted by Crippen LogP contribution is 2.37. The predicted molar refractivity (Wildman–Crippen MR) is 87.8 cm³/mol. The number of methoxy groups -OCH3 is 1. The van der Waals surface area contributed by atoms with Crippen molar-refractivity contribution in [2.24, 2.45) is 0 Å². The van der Waals surface area contributed by atoms with Gasteiger partial charge in [0, 0.05) is 17.7 Å². The zero-order valence-corrected chi connectivity index (χ0v) is 13.8. The average Bonchev–Trinajstić information content (AvgIpc) is 2.58. The molecule has 2 aromatic rings. The van der Waals surface area contributed by atoms with Gasteiger partial charge in [0.25, 0.3) is 5.56 Å². The van der Waals surface area contributed by atoms with Crippen molar-refractivity contribution >= 4 is 11.9 Å². The molecule has 1 aromatic carbocycles. The summed E-state index contributed by atoms with van der Waals surface area (Å²) in [7, 11) is 1.28. The van der Waals surface area contributed by atoms with Crippen LogP contribution in [0.25, 0.3) is 0 Å². The van der Waals surface area contributed by atoms with Crippen molar-refractivity contribution in [2.45, 2.75) is 19.3 Å². The number of nitrogens with one attached hydrogen (secondary N) is 1. The molecule has 0 saturated carbocycles. The number of hydrogen-bond acceptors (Lipinski definition) is 6. The molecule has 130 valence electrons. The third-order valence-corrected chi connectivity index (χ3v) is 3.96. The zero-order chi connectivity index (χ0) is 18.0. The van der Waals surface area contributed by atoms with E-state index in [2.05, 4.69) is 9.72 Å². The lowest BCUT2D eigenvalue weighted by atomic mass is 9.87. The van der Waals surface area contributed by atoms with Gasteiger partial charge in [-0.3, -0.25) is 9.59 Å². The van der Waals surface area contributed by atoms with Gasteiger partial charge in [0.2, 0.25) is 0 Å². The number of aryl methyl sites for hydroxylation is 1. The topological polar surface area (TPSA) is 94.7 Å². The van der Waals surface area contributed by atoms with Crippen molar-refractivity contribution in [2.75, 3.05) is 13.7 Å². The van der Waals surface area contributed by atoms with Gasteiger partial charge in [-0.2, -0.15) is 0 Å². The number of ether oxygens (including phenoxy) is 3. The second kappa shape index (κ2) is 6.80. The number of fused-ring (bicyclic) bond motifs is 1. The lowest BCUT2D eigenvalue weighted by Crippen LogP contribution is -2.28. The Morgan fingerprint density at radius 2 is 2.12 bits per heavy atom. The van der Waals surface area contributed by atoms with Gasteiger partial charge in [0.15, 0.2) is 6.61 Å². The molecule has 3 rings (SSSR count). The van der Waals surface area contributed by atoms with Crippen LogP contribution in [0, 0.1) is 6.92 Å². The molecular weight excluding hydrogens is 326 g/mol. The smallest absolute Gasteiger partial charge is 0.343 e. The maximum absolute atomic E-state index is 12.4. The summed E-state index contributed by atoms with van der Waals surface area (Å²) >= 11 is 0. The van der Waals surface area contributed by atoms with Gasteiger partial charge >= 0.3 is 11.9 Å². The van der Waals surface area contributed by atoms with Gasteiger partial charge in [0.05, 0.1) is 19.1 Å². The minimum absolute atomic E-state index is 0.0552. The summed E-state index contributed by atoms with van der Waals surface area (Å²) in [4.78, 5) is 38.3. The molecule has 7 heteroatoms. The Bertz CT molecular complexity index is 885. The van der Waals surface area contributed by atoms with Crippen LogP contribution in [0.5, 0.6) is 11.5 Å². The first kappa shape index (κ1) is 16.8. The predicted octanol–water partition coefficient (Wildman–Crippen LogP) is 1.68. The number of aromatic nitrogens is 1. The van der Waals surface area contributed by atoms with Crippen molar-refractivity contribution in [3.63, 3.8) is 0 Å². The van der Waals surface area contributed by atoms with Crippen molar-refractivity contribution in [3.8, 4) is 11.5 Å². The van der Waals surface area contributed by atoms with Crippen LogP contribution in [0.15, 0.2) is 35.1 Å². The van der Waals surface area contributed by atoms with E-state index in [0.717, 1.165) is 5.56 Å². The molecule has 0 aliphatic carbocycles. The molecule has 1 N–H and O–H groups in total. The Labute approximate surface area is 143 Å². The van der Waals surface area contributed by atoms with Crippen LogP contribution in [-0.2, 0) is 14.3 Å². The van der Waals surface area contributed by atoms with Crippen LogP contribution in [0.2, 0.25) is 0 Å². The molecule has 0 spiro atoms. The lowest BCUT2D eigenvalue weighted by molar-refractivity contribution is -0.143. The first-order valence-electron chi connectivity index (χ1n) is 7.72. The van der Waals surface area contributed by atoms with Crippen LogP contribution < -0.4 is 15.0 Å². The Morgan fingerprint density at radius 1 is 1.32 bits per heavy atom. The first-order chi connectivity index (χ1) is 12.0. The molecule has 0 radical (unpaired) electrons. The van der Waals surface area contributed by atoms with E-state index in [-0.39, 0.29) is 24.3 Å². The molecule has 7 nitrogen and oxygen atoms in total. The Kier molecular flexibility index (Phi) is 4.56. The molecule has 0 amide bonds. The Balaban J connectivity index is 1.96. The quantitative estimate of drug-likeness (QED) is 0.849. The number of H-pyrrole nitrogens is 1. The maximum atomic E-state index is 12.4. The van der Waals surface area contributed by atoms with Gasteiger partial charge in [-0.1, -0.05) is 12.1 Å². The maximum Gasteiger partial charge on any atom is 0.343 e. The van der Waals surface area contributed by atoms with Crippen LogP contribution in [-0.4, -0.2) is 30.6 Å². The SMILES string of the molecule is COC(=O)COc1cccc([C@@H]2CC(=O)Oc3cc(C)[nH]c(=O)c32)c1. The standard InChI is InChI=1S/C18H17NO6/c1-10-6-14-17(18(22)19-10)13(8-15(20)25-14)11-4-3-5-12(7-11)24-9-16(21)23-2/h3-7,13H,8-9H2,1-2H3,(H,19,22)/t13-/m0/s1. The molecule has 0 fully saturated rings. The van der Waals surface area contributed by atoms with E-state index >= 15 is 0 Å².